The van der Waals surface area contributed by atoms with Gasteiger partial charge in [-0.1, -0.05) is 26.7 Å². The Bertz CT molecular complexity index is 304. The van der Waals surface area contributed by atoms with Crippen LogP contribution in [0.4, 0.5) is 0 Å². The Hall–Kier alpha value is -0.0800. The minimum atomic E-state index is 0.583. The first-order valence-corrected chi connectivity index (χ1v) is 8.63. The minimum Gasteiger partial charge on any atom is -0.271 e. The lowest BCUT2D eigenvalue weighted by Crippen LogP contribution is -2.44. The normalized spacial score (nSPS) is 47.5. The number of fused-ring (bicyclic) bond motifs is 2. The highest BCUT2D eigenvalue weighted by Crippen LogP contribution is 2.50. The molecule has 7 unspecified atom stereocenters. The first kappa shape index (κ1) is 13.9. The van der Waals surface area contributed by atoms with E-state index in [1.165, 1.54) is 51.4 Å². The molecule has 3 fully saturated rings. The van der Waals surface area contributed by atoms with Gasteiger partial charge in [-0.3, -0.25) is 11.3 Å². The Morgan fingerprint density at radius 2 is 1.84 bits per heavy atom. The molecule has 3 aliphatic rings. The van der Waals surface area contributed by atoms with Crippen molar-refractivity contribution >= 4 is 0 Å². The van der Waals surface area contributed by atoms with Crippen molar-refractivity contribution in [3.8, 4) is 0 Å². The molecular formula is C17H32N2. The van der Waals surface area contributed by atoms with Gasteiger partial charge in [0, 0.05) is 6.04 Å². The number of rotatable bonds is 4. The number of nitrogens with two attached hydrogens (primary N) is 1. The maximum absolute atomic E-state index is 5.91. The lowest BCUT2D eigenvalue weighted by molar-refractivity contribution is 0.147. The molecule has 2 bridgehead atoms. The quantitative estimate of drug-likeness (QED) is 0.600. The summed E-state index contributed by atoms with van der Waals surface area (Å²) in [6, 6.07) is 0.583. The number of hydrazine groups is 1. The molecule has 19 heavy (non-hydrogen) atoms. The van der Waals surface area contributed by atoms with Gasteiger partial charge in [-0.05, 0) is 74.0 Å². The summed E-state index contributed by atoms with van der Waals surface area (Å²) in [7, 11) is 0. The molecule has 3 N–H and O–H groups in total. The molecule has 2 heteroatoms. The molecule has 0 amide bonds. The molecule has 2 nitrogen and oxygen atoms in total. The van der Waals surface area contributed by atoms with Crippen LogP contribution < -0.4 is 11.3 Å². The molecule has 0 spiro atoms. The van der Waals surface area contributed by atoms with Crippen LogP contribution in [0, 0.1) is 35.5 Å². The fraction of sp³-hybridized carbons (Fsp3) is 1.00. The Morgan fingerprint density at radius 3 is 2.42 bits per heavy atom. The van der Waals surface area contributed by atoms with Crippen LogP contribution >= 0.6 is 0 Å². The van der Waals surface area contributed by atoms with E-state index in [4.69, 9.17) is 5.84 Å². The molecule has 0 heterocycles. The van der Waals surface area contributed by atoms with Gasteiger partial charge in [0.25, 0.3) is 0 Å². The molecule has 7 atom stereocenters. The predicted octanol–water partition coefficient (Wildman–Crippen LogP) is 3.72. The van der Waals surface area contributed by atoms with Gasteiger partial charge in [0.15, 0.2) is 0 Å². The van der Waals surface area contributed by atoms with Crippen molar-refractivity contribution in [1.82, 2.24) is 5.43 Å². The number of hydrogen-bond donors (Lipinski definition) is 2. The molecule has 0 aromatic heterocycles. The zero-order valence-electron chi connectivity index (χ0n) is 12.8. The van der Waals surface area contributed by atoms with Crippen LogP contribution in [0.2, 0.25) is 0 Å². The second kappa shape index (κ2) is 5.73. The van der Waals surface area contributed by atoms with Crippen molar-refractivity contribution in [1.29, 1.82) is 0 Å². The van der Waals surface area contributed by atoms with Crippen molar-refractivity contribution in [3.05, 3.63) is 0 Å². The predicted molar refractivity (Wildman–Crippen MR) is 80.3 cm³/mol. The Balaban J connectivity index is 1.55. The van der Waals surface area contributed by atoms with Crippen LogP contribution in [0.5, 0.6) is 0 Å². The van der Waals surface area contributed by atoms with E-state index >= 15 is 0 Å². The average molecular weight is 264 g/mol. The Morgan fingerprint density at radius 1 is 1.00 bits per heavy atom. The third kappa shape index (κ3) is 2.85. The summed E-state index contributed by atoms with van der Waals surface area (Å²) in [5.74, 6) is 11.6. The molecule has 3 saturated carbocycles. The van der Waals surface area contributed by atoms with E-state index in [1.54, 1.807) is 0 Å². The summed E-state index contributed by atoms with van der Waals surface area (Å²) >= 11 is 0. The monoisotopic (exact) mass is 264 g/mol. The van der Waals surface area contributed by atoms with E-state index in [2.05, 4.69) is 19.3 Å². The zero-order valence-corrected chi connectivity index (χ0v) is 12.8. The fourth-order valence-corrected chi connectivity index (χ4v) is 5.34. The van der Waals surface area contributed by atoms with Gasteiger partial charge in [0.2, 0.25) is 0 Å². The highest BCUT2D eigenvalue weighted by atomic mass is 15.2. The van der Waals surface area contributed by atoms with E-state index in [1.807, 2.05) is 0 Å². The van der Waals surface area contributed by atoms with Gasteiger partial charge in [0.05, 0.1) is 0 Å². The summed E-state index contributed by atoms with van der Waals surface area (Å²) in [5, 5.41) is 0. The molecule has 0 radical (unpaired) electrons. The van der Waals surface area contributed by atoms with Crippen molar-refractivity contribution in [2.24, 2.45) is 41.4 Å². The highest BCUT2D eigenvalue weighted by molar-refractivity contribution is 4.93. The number of hydrogen-bond acceptors (Lipinski definition) is 2. The van der Waals surface area contributed by atoms with E-state index < -0.39 is 0 Å². The van der Waals surface area contributed by atoms with Gasteiger partial charge < -0.3 is 0 Å². The van der Waals surface area contributed by atoms with Crippen molar-refractivity contribution in [3.63, 3.8) is 0 Å². The maximum atomic E-state index is 5.91. The summed E-state index contributed by atoms with van der Waals surface area (Å²) in [6.45, 7) is 4.85. The van der Waals surface area contributed by atoms with Gasteiger partial charge in [-0.25, -0.2) is 0 Å². The highest BCUT2D eigenvalue weighted by Gasteiger charge is 2.41. The van der Waals surface area contributed by atoms with Crippen LogP contribution in [-0.2, 0) is 0 Å². The summed E-state index contributed by atoms with van der Waals surface area (Å²) in [6.07, 6.45) is 11.6. The summed E-state index contributed by atoms with van der Waals surface area (Å²) < 4.78 is 0. The Labute approximate surface area is 118 Å². The minimum absolute atomic E-state index is 0.583. The SMILES string of the molecule is CC1CCC(C(CC2CC3CCC2C3)NN)CC1C. The van der Waals surface area contributed by atoms with Crippen LogP contribution in [0.25, 0.3) is 0 Å². The average Bonchev–Trinajstić information content (AvgIpc) is 3.01. The molecule has 110 valence electrons. The topological polar surface area (TPSA) is 38.0 Å². The standard InChI is InChI=1S/C17H32N2/c1-11-3-5-15(7-12(11)2)17(19-18)10-16-9-13-4-6-14(16)8-13/h11-17,19H,3-10,18H2,1-2H3. The summed E-state index contributed by atoms with van der Waals surface area (Å²) in [4.78, 5) is 0. The second-order valence-corrected chi connectivity index (χ2v) is 7.97. The largest absolute Gasteiger partial charge is 0.271 e. The zero-order chi connectivity index (χ0) is 13.4. The van der Waals surface area contributed by atoms with Crippen molar-refractivity contribution in [2.75, 3.05) is 0 Å². The third-order valence-electron chi connectivity index (χ3n) is 6.86. The van der Waals surface area contributed by atoms with Gasteiger partial charge in [0.1, 0.15) is 0 Å². The van der Waals surface area contributed by atoms with E-state index in [0.717, 1.165) is 35.5 Å². The molecular weight excluding hydrogens is 232 g/mol. The van der Waals surface area contributed by atoms with E-state index in [9.17, 15) is 0 Å². The smallest absolute Gasteiger partial charge is 0.0241 e. The van der Waals surface area contributed by atoms with Crippen molar-refractivity contribution in [2.45, 2.75) is 71.3 Å². The molecule has 0 aromatic carbocycles. The van der Waals surface area contributed by atoms with Crippen LogP contribution in [0.1, 0.15) is 65.2 Å². The van der Waals surface area contributed by atoms with E-state index in [-0.39, 0.29) is 0 Å². The van der Waals surface area contributed by atoms with Gasteiger partial charge in [-0.2, -0.15) is 0 Å². The first-order chi connectivity index (χ1) is 9.17. The van der Waals surface area contributed by atoms with Crippen LogP contribution in [-0.4, -0.2) is 6.04 Å². The Kier molecular flexibility index (Phi) is 4.19. The maximum Gasteiger partial charge on any atom is 0.0241 e. The molecule has 3 aliphatic carbocycles. The first-order valence-electron chi connectivity index (χ1n) is 8.63. The lowest BCUT2D eigenvalue weighted by Gasteiger charge is -2.38. The molecule has 0 aromatic rings. The third-order valence-corrected chi connectivity index (χ3v) is 6.86. The fourth-order valence-electron chi connectivity index (χ4n) is 5.34. The second-order valence-electron chi connectivity index (χ2n) is 7.97. The molecule has 0 saturated heterocycles. The number of nitrogens with one attached hydrogen (secondary N) is 1. The van der Waals surface area contributed by atoms with E-state index in [0.29, 0.717) is 6.04 Å². The van der Waals surface area contributed by atoms with Gasteiger partial charge >= 0.3 is 0 Å². The van der Waals surface area contributed by atoms with Crippen LogP contribution in [0.15, 0.2) is 0 Å². The van der Waals surface area contributed by atoms with Crippen LogP contribution in [0.3, 0.4) is 0 Å². The lowest BCUT2D eigenvalue weighted by atomic mass is 9.71. The summed E-state index contributed by atoms with van der Waals surface area (Å²) in [5.41, 5.74) is 3.19. The van der Waals surface area contributed by atoms with Gasteiger partial charge in [-0.15, -0.1) is 0 Å². The molecule has 0 aliphatic heterocycles. The van der Waals surface area contributed by atoms with Crippen molar-refractivity contribution < 1.29 is 0 Å². The molecule has 3 rings (SSSR count).